The number of rotatable bonds is 1. The molecule has 1 aromatic rings. The van der Waals surface area contributed by atoms with Crippen molar-refractivity contribution in [3.8, 4) is 0 Å². The van der Waals surface area contributed by atoms with Crippen LogP contribution >= 0.6 is 11.6 Å². The summed E-state index contributed by atoms with van der Waals surface area (Å²) in [6, 6.07) is 5.23. The molecule has 4 nitrogen and oxygen atoms in total. The van der Waals surface area contributed by atoms with Crippen LogP contribution in [0.15, 0.2) is 18.2 Å². The Morgan fingerprint density at radius 2 is 2.35 bits per heavy atom. The predicted octanol–water partition coefficient (Wildman–Crippen LogP) is 1.72. The molecule has 0 unspecified atom stereocenters. The number of benzene rings is 1. The van der Waals surface area contributed by atoms with Gasteiger partial charge in [0, 0.05) is 10.7 Å². The maximum Gasteiger partial charge on any atom is 0.310 e. The molecule has 88 valence electrons. The summed E-state index contributed by atoms with van der Waals surface area (Å²) in [5.74, 6) is -0.856. The van der Waals surface area contributed by atoms with Crippen molar-refractivity contribution in [3.63, 3.8) is 0 Å². The lowest BCUT2D eigenvalue weighted by molar-refractivity contribution is -0.143. The maximum atomic E-state index is 12.0. The molecule has 1 aliphatic heterocycles. The van der Waals surface area contributed by atoms with E-state index in [1.807, 2.05) is 0 Å². The lowest BCUT2D eigenvalue weighted by atomic mass is 9.95. The van der Waals surface area contributed by atoms with E-state index in [1.165, 1.54) is 7.11 Å². The van der Waals surface area contributed by atoms with Crippen LogP contribution in [0.1, 0.15) is 12.0 Å². The predicted molar refractivity (Wildman–Crippen MR) is 61.9 cm³/mol. The Hall–Kier alpha value is -1.55. The third-order valence-electron chi connectivity index (χ3n) is 3.56. The standard InChI is InChI=1S/C12H10ClNO3/c1-17-10(15)8-5-12(8)7-4-6(13)2-3-9(7)14-11(12)16/h2-4,8H,5H2,1H3,(H,14,16)/t8-,12+/m0/s1. The van der Waals surface area contributed by atoms with Crippen LogP contribution in [0.25, 0.3) is 0 Å². The number of ether oxygens (including phenoxy) is 1. The smallest absolute Gasteiger partial charge is 0.310 e. The highest BCUT2D eigenvalue weighted by molar-refractivity contribution is 6.31. The van der Waals surface area contributed by atoms with E-state index in [4.69, 9.17) is 16.3 Å². The van der Waals surface area contributed by atoms with Gasteiger partial charge in [0.1, 0.15) is 0 Å². The van der Waals surface area contributed by atoms with Gasteiger partial charge >= 0.3 is 5.97 Å². The first kappa shape index (κ1) is 10.6. The Morgan fingerprint density at radius 3 is 3.06 bits per heavy atom. The Labute approximate surface area is 103 Å². The lowest BCUT2D eigenvalue weighted by Crippen LogP contribution is -2.24. The molecule has 0 aromatic heterocycles. The molecular weight excluding hydrogens is 242 g/mol. The molecule has 2 atom stereocenters. The van der Waals surface area contributed by atoms with E-state index in [0.29, 0.717) is 11.4 Å². The van der Waals surface area contributed by atoms with Crippen molar-refractivity contribution in [2.24, 2.45) is 5.92 Å². The highest BCUT2D eigenvalue weighted by Crippen LogP contribution is 2.60. The van der Waals surface area contributed by atoms with Gasteiger partial charge in [0.15, 0.2) is 0 Å². The summed E-state index contributed by atoms with van der Waals surface area (Å²) in [4.78, 5) is 23.5. The fraction of sp³-hybridized carbons (Fsp3) is 0.333. The molecule has 2 aliphatic rings. The van der Waals surface area contributed by atoms with Gasteiger partial charge in [0.05, 0.1) is 18.4 Å². The first-order valence-corrected chi connectivity index (χ1v) is 5.66. The van der Waals surface area contributed by atoms with E-state index in [2.05, 4.69) is 5.32 Å². The number of methoxy groups -OCH3 is 1. The zero-order chi connectivity index (χ0) is 12.2. The van der Waals surface area contributed by atoms with Crippen molar-refractivity contribution >= 4 is 29.2 Å². The fourth-order valence-corrected chi connectivity index (χ4v) is 2.76. The van der Waals surface area contributed by atoms with Gasteiger partial charge in [-0.1, -0.05) is 11.6 Å². The number of hydrogen-bond acceptors (Lipinski definition) is 3. The largest absolute Gasteiger partial charge is 0.469 e. The molecule has 1 saturated carbocycles. The van der Waals surface area contributed by atoms with Crippen LogP contribution in [0.3, 0.4) is 0 Å². The number of anilines is 1. The number of carbonyl (C=O) groups is 2. The molecule has 5 heteroatoms. The van der Waals surface area contributed by atoms with E-state index in [1.54, 1.807) is 18.2 Å². The molecular formula is C12H10ClNO3. The molecule has 0 saturated heterocycles. The van der Waals surface area contributed by atoms with Gasteiger partial charge in [-0.25, -0.2) is 0 Å². The first-order chi connectivity index (χ1) is 8.09. The average molecular weight is 252 g/mol. The summed E-state index contributed by atoms with van der Waals surface area (Å²) in [6.07, 6.45) is 0.499. The van der Waals surface area contributed by atoms with Crippen LogP contribution < -0.4 is 5.32 Å². The van der Waals surface area contributed by atoms with Gasteiger partial charge in [0.25, 0.3) is 0 Å². The van der Waals surface area contributed by atoms with Crippen molar-refractivity contribution < 1.29 is 14.3 Å². The van der Waals surface area contributed by atoms with Gasteiger partial charge in [-0.05, 0) is 30.2 Å². The Balaban J connectivity index is 2.07. The molecule has 1 aromatic carbocycles. The normalized spacial score (nSPS) is 28.8. The van der Waals surface area contributed by atoms with Gasteiger partial charge in [-0.2, -0.15) is 0 Å². The maximum absolute atomic E-state index is 12.0. The Kier molecular flexibility index (Phi) is 2.01. The van der Waals surface area contributed by atoms with Crippen LogP contribution in [-0.4, -0.2) is 19.0 Å². The van der Waals surface area contributed by atoms with Crippen molar-refractivity contribution in [1.29, 1.82) is 0 Å². The summed E-state index contributed by atoms with van der Waals surface area (Å²) in [7, 11) is 1.33. The highest BCUT2D eigenvalue weighted by Gasteiger charge is 2.68. The van der Waals surface area contributed by atoms with Gasteiger partial charge < -0.3 is 10.1 Å². The minimum Gasteiger partial charge on any atom is -0.469 e. The molecule has 1 aliphatic carbocycles. The third kappa shape index (κ3) is 1.24. The number of fused-ring (bicyclic) bond motifs is 2. The summed E-state index contributed by atoms with van der Waals surface area (Å²) in [5.41, 5.74) is 0.809. The van der Waals surface area contributed by atoms with E-state index < -0.39 is 5.41 Å². The fourth-order valence-electron chi connectivity index (χ4n) is 2.59. The number of nitrogens with one attached hydrogen (secondary N) is 1. The molecule has 0 bridgehead atoms. The van der Waals surface area contributed by atoms with E-state index in [9.17, 15) is 9.59 Å². The first-order valence-electron chi connectivity index (χ1n) is 5.29. The van der Waals surface area contributed by atoms with Crippen molar-refractivity contribution in [3.05, 3.63) is 28.8 Å². The monoisotopic (exact) mass is 251 g/mol. The molecule has 1 fully saturated rings. The lowest BCUT2D eigenvalue weighted by Gasteiger charge is -2.07. The molecule has 17 heavy (non-hydrogen) atoms. The Morgan fingerprint density at radius 1 is 1.59 bits per heavy atom. The number of halogens is 1. The molecule has 3 rings (SSSR count). The molecule has 1 N–H and O–H groups in total. The topological polar surface area (TPSA) is 55.4 Å². The summed E-state index contributed by atoms with van der Waals surface area (Å²) >= 11 is 5.93. The van der Waals surface area contributed by atoms with Crippen LogP contribution in [0.5, 0.6) is 0 Å². The van der Waals surface area contributed by atoms with Gasteiger partial charge in [0.2, 0.25) is 5.91 Å². The van der Waals surface area contributed by atoms with Gasteiger partial charge in [-0.3, -0.25) is 9.59 Å². The number of amides is 1. The molecule has 1 heterocycles. The number of hydrogen-bond donors (Lipinski definition) is 1. The molecule has 1 amide bonds. The minimum atomic E-state index is -0.743. The van der Waals surface area contributed by atoms with E-state index in [0.717, 1.165) is 11.3 Å². The quantitative estimate of drug-likeness (QED) is 0.774. The van der Waals surface area contributed by atoms with Crippen molar-refractivity contribution in [1.82, 2.24) is 0 Å². The second-order valence-corrected chi connectivity index (χ2v) is 4.83. The molecule has 1 spiro atoms. The molecule has 0 radical (unpaired) electrons. The minimum absolute atomic E-state index is 0.134. The zero-order valence-corrected chi connectivity index (χ0v) is 9.88. The summed E-state index contributed by atoms with van der Waals surface area (Å²) < 4.78 is 4.70. The summed E-state index contributed by atoms with van der Waals surface area (Å²) in [5, 5.41) is 3.35. The SMILES string of the molecule is COC(=O)[C@@H]1C[C@]12C(=O)Nc1ccc(Cl)cc12. The second-order valence-electron chi connectivity index (χ2n) is 4.40. The van der Waals surface area contributed by atoms with Crippen LogP contribution in [-0.2, 0) is 19.7 Å². The third-order valence-corrected chi connectivity index (χ3v) is 3.80. The van der Waals surface area contributed by atoms with Crippen molar-refractivity contribution in [2.75, 3.05) is 12.4 Å². The Bertz CT molecular complexity index is 543. The van der Waals surface area contributed by atoms with Crippen LogP contribution in [0, 0.1) is 5.92 Å². The van der Waals surface area contributed by atoms with E-state index in [-0.39, 0.29) is 17.8 Å². The zero-order valence-electron chi connectivity index (χ0n) is 9.12. The van der Waals surface area contributed by atoms with E-state index >= 15 is 0 Å². The number of carbonyl (C=O) groups excluding carboxylic acids is 2. The van der Waals surface area contributed by atoms with Crippen molar-refractivity contribution in [2.45, 2.75) is 11.8 Å². The average Bonchev–Trinajstić information content (AvgIpc) is 3.00. The van der Waals surface area contributed by atoms with Crippen LogP contribution in [0.2, 0.25) is 5.02 Å². The highest BCUT2D eigenvalue weighted by atomic mass is 35.5. The number of esters is 1. The van der Waals surface area contributed by atoms with Crippen LogP contribution in [0.4, 0.5) is 5.69 Å². The summed E-state index contributed by atoms with van der Waals surface area (Å²) in [6.45, 7) is 0. The van der Waals surface area contributed by atoms with Gasteiger partial charge in [-0.15, -0.1) is 0 Å². The second kappa shape index (κ2) is 3.23.